The van der Waals surface area contributed by atoms with E-state index in [2.05, 4.69) is 13.8 Å². The van der Waals surface area contributed by atoms with Gasteiger partial charge in [0.25, 0.3) is 11.7 Å². The second kappa shape index (κ2) is 13.5. The number of likely N-dealkylation sites (tertiary alicyclic amines) is 1. The van der Waals surface area contributed by atoms with Crippen molar-refractivity contribution >= 4 is 17.4 Å². The molecule has 2 aliphatic rings. The monoisotopic (exact) mass is 521 g/mol. The normalized spacial score (nSPS) is 20.7. The van der Waals surface area contributed by atoms with Gasteiger partial charge in [0.15, 0.2) is 0 Å². The van der Waals surface area contributed by atoms with E-state index in [1.165, 1.54) is 0 Å². The highest BCUT2D eigenvalue weighted by Crippen LogP contribution is 2.40. The van der Waals surface area contributed by atoms with Crippen LogP contribution in [0.5, 0.6) is 11.5 Å². The average molecular weight is 522 g/mol. The van der Waals surface area contributed by atoms with Crippen LogP contribution in [0.1, 0.15) is 76.0 Å². The maximum atomic E-state index is 13.3. The molecule has 1 amide bonds. The van der Waals surface area contributed by atoms with Crippen LogP contribution in [-0.2, 0) is 14.3 Å². The predicted octanol–water partition coefficient (Wildman–Crippen LogP) is 6.04. The lowest BCUT2D eigenvalue weighted by molar-refractivity contribution is -0.140. The number of ether oxygens (including phenoxy) is 3. The van der Waals surface area contributed by atoms with Crippen molar-refractivity contribution in [2.75, 3.05) is 26.4 Å². The van der Waals surface area contributed by atoms with Gasteiger partial charge in [-0.1, -0.05) is 45.2 Å². The third kappa shape index (κ3) is 6.57. The van der Waals surface area contributed by atoms with Crippen molar-refractivity contribution in [3.8, 4) is 11.5 Å². The number of nitrogens with zero attached hydrogens (tertiary/aromatic N) is 1. The fraction of sp³-hybridized carbons (Fsp3) is 0.484. The smallest absolute Gasteiger partial charge is 0.295 e. The zero-order valence-electron chi connectivity index (χ0n) is 22.5. The number of ketones is 1. The first-order valence-corrected chi connectivity index (χ1v) is 13.9. The number of amides is 1. The summed E-state index contributed by atoms with van der Waals surface area (Å²) in [5.41, 5.74) is 1.29. The molecule has 204 valence electrons. The molecule has 2 fully saturated rings. The van der Waals surface area contributed by atoms with Gasteiger partial charge in [-0.25, -0.2) is 0 Å². The number of aliphatic hydroxyl groups excluding tert-OH is 1. The Balaban J connectivity index is 1.63. The third-order valence-electron chi connectivity index (χ3n) is 7.07. The summed E-state index contributed by atoms with van der Waals surface area (Å²) in [6.45, 7) is 6.46. The molecule has 2 aromatic rings. The molecule has 0 bridgehead atoms. The Morgan fingerprint density at radius 1 is 0.921 bits per heavy atom. The molecule has 0 saturated carbocycles. The molecule has 7 heteroatoms. The molecular formula is C31H39NO6. The van der Waals surface area contributed by atoms with Gasteiger partial charge in [-0.3, -0.25) is 9.59 Å². The van der Waals surface area contributed by atoms with E-state index in [1.807, 2.05) is 24.3 Å². The maximum Gasteiger partial charge on any atom is 0.295 e. The van der Waals surface area contributed by atoms with Crippen LogP contribution in [0.15, 0.2) is 54.1 Å². The largest absolute Gasteiger partial charge is 0.507 e. The van der Waals surface area contributed by atoms with Gasteiger partial charge in [0.2, 0.25) is 0 Å². The van der Waals surface area contributed by atoms with Crippen LogP contribution in [-0.4, -0.2) is 54.2 Å². The molecule has 2 saturated heterocycles. The van der Waals surface area contributed by atoms with Crippen LogP contribution in [0.4, 0.5) is 0 Å². The third-order valence-corrected chi connectivity index (χ3v) is 7.07. The number of benzene rings is 2. The molecule has 2 aliphatic heterocycles. The second-order valence-corrected chi connectivity index (χ2v) is 9.94. The molecule has 2 heterocycles. The summed E-state index contributed by atoms with van der Waals surface area (Å²) in [6.07, 6.45) is 6.85. The van der Waals surface area contributed by atoms with Crippen molar-refractivity contribution in [3.05, 3.63) is 65.2 Å². The topological polar surface area (TPSA) is 85.3 Å². The molecule has 2 atom stereocenters. The zero-order chi connectivity index (χ0) is 26.9. The molecule has 0 unspecified atom stereocenters. The number of hydrogen-bond acceptors (Lipinski definition) is 6. The van der Waals surface area contributed by atoms with E-state index in [9.17, 15) is 14.7 Å². The predicted molar refractivity (Wildman–Crippen MR) is 146 cm³/mol. The van der Waals surface area contributed by atoms with E-state index in [-0.39, 0.29) is 17.4 Å². The van der Waals surface area contributed by atoms with Gasteiger partial charge in [0.05, 0.1) is 30.9 Å². The van der Waals surface area contributed by atoms with Gasteiger partial charge < -0.3 is 24.2 Å². The van der Waals surface area contributed by atoms with Crippen LogP contribution in [0.25, 0.3) is 5.76 Å². The summed E-state index contributed by atoms with van der Waals surface area (Å²) in [4.78, 5) is 28.1. The lowest BCUT2D eigenvalue weighted by atomic mass is 9.95. The van der Waals surface area contributed by atoms with Crippen molar-refractivity contribution in [3.63, 3.8) is 0 Å². The first kappa shape index (κ1) is 27.7. The average Bonchev–Trinajstić information content (AvgIpc) is 3.54. The first-order valence-electron chi connectivity index (χ1n) is 13.9. The Hall–Kier alpha value is -3.32. The first-order chi connectivity index (χ1) is 18.5. The van der Waals surface area contributed by atoms with Gasteiger partial charge >= 0.3 is 0 Å². The Morgan fingerprint density at radius 2 is 1.55 bits per heavy atom. The van der Waals surface area contributed by atoms with E-state index in [1.54, 1.807) is 29.2 Å². The van der Waals surface area contributed by atoms with Crippen molar-refractivity contribution in [1.29, 1.82) is 0 Å². The zero-order valence-corrected chi connectivity index (χ0v) is 22.5. The minimum absolute atomic E-state index is 0.0873. The summed E-state index contributed by atoms with van der Waals surface area (Å²) in [5.74, 6) is -0.0668. The lowest BCUT2D eigenvalue weighted by Crippen LogP contribution is -2.36. The minimum atomic E-state index is -0.714. The van der Waals surface area contributed by atoms with Gasteiger partial charge in [0, 0.05) is 18.7 Å². The highest BCUT2D eigenvalue weighted by atomic mass is 16.5. The summed E-state index contributed by atoms with van der Waals surface area (Å²) in [6, 6.07) is 13.7. The number of rotatable bonds is 13. The van der Waals surface area contributed by atoms with Crippen LogP contribution >= 0.6 is 0 Å². The number of hydrogen-bond donors (Lipinski definition) is 1. The Morgan fingerprint density at radius 3 is 2.16 bits per heavy atom. The molecular weight excluding hydrogens is 482 g/mol. The highest BCUT2D eigenvalue weighted by Gasteiger charge is 2.47. The molecule has 1 N–H and O–H groups in total. The molecule has 0 aliphatic carbocycles. The van der Waals surface area contributed by atoms with Crippen LogP contribution in [0.2, 0.25) is 0 Å². The van der Waals surface area contributed by atoms with Crippen molar-refractivity contribution in [2.24, 2.45) is 0 Å². The maximum absolute atomic E-state index is 13.3. The Bertz CT molecular complexity index is 1100. The van der Waals surface area contributed by atoms with E-state index < -0.39 is 17.7 Å². The quantitative estimate of drug-likeness (QED) is 0.150. The number of carbonyl (C=O) groups excluding carboxylic acids is 2. The molecule has 0 radical (unpaired) electrons. The van der Waals surface area contributed by atoms with Crippen molar-refractivity contribution in [1.82, 2.24) is 4.90 Å². The molecule has 38 heavy (non-hydrogen) atoms. The SMILES string of the molecule is CCCCCOc1ccc([C@H]2C(=C(O)c3ccc(OCCCC)cc3)C(=O)C(=O)N2C[C@H]2CCCO2)cc1. The Kier molecular flexibility index (Phi) is 9.82. The summed E-state index contributed by atoms with van der Waals surface area (Å²) in [5, 5.41) is 11.3. The molecule has 4 rings (SSSR count). The summed E-state index contributed by atoms with van der Waals surface area (Å²) < 4.78 is 17.4. The number of unbranched alkanes of at least 4 members (excludes halogenated alkanes) is 3. The number of aliphatic hydroxyl groups is 1. The van der Waals surface area contributed by atoms with Crippen LogP contribution in [0.3, 0.4) is 0 Å². The molecule has 7 nitrogen and oxygen atoms in total. The highest BCUT2D eigenvalue weighted by molar-refractivity contribution is 6.46. The summed E-state index contributed by atoms with van der Waals surface area (Å²) >= 11 is 0. The number of Topliss-reactive ketones (excluding diaryl/α,β-unsaturated/α-hetero) is 1. The van der Waals surface area contributed by atoms with Gasteiger partial charge in [0.1, 0.15) is 17.3 Å². The van der Waals surface area contributed by atoms with Crippen molar-refractivity contribution in [2.45, 2.75) is 70.9 Å². The van der Waals surface area contributed by atoms with Gasteiger partial charge in [-0.2, -0.15) is 0 Å². The fourth-order valence-electron chi connectivity index (χ4n) is 4.91. The van der Waals surface area contributed by atoms with Gasteiger partial charge in [-0.05, 0) is 67.6 Å². The molecule has 2 aromatic carbocycles. The minimum Gasteiger partial charge on any atom is -0.507 e. The molecule has 0 spiro atoms. The van der Waals surface area contributed by atoms with Gasteiger partial charge in [-0.15, -0.1) is 0 Å². The number of carbonyl (C=O) groups is 2. The van der Waals surface area contributed by atoms with E-state index in [0.717, 1.165) is 56.3 Å². The fourth-order valence-corrected chi connectivity index (χ4v) is 4.91. The second-order valence-electron chi connectivity index (χ2n) is 9.94. The van der Waals surface area contributed by atoms with Crippen LogP contribution in [0, 0.1) is 0 Å². The van der Waals surface area contributed by atoms with E-state index in [4.69, 9.17) is 14.2 Å². The molecule has 0 aromatic heterocycles. The standard InChI is InChI=1S/C31H39NO6/c1-3-5-7-19-37-24-14-10-22(11-15-24)28-27(30(34)31(35)32(28)21-26-9-8-20-38-26)29(33)23-12-16-25(17-13-23)36-18-6-4-2/h10-17,26,28,33H,3-9,18-21H2,1-2H3/t26-,28+/m1/s1. The Labute approximate surface area is 225 Å². The van der Waals surface area contributed by atoms with E-state index >= 15 is 0 Å². The lowest BCUT2D eigenvalue weighted by Gasteiger charge is -2.27. The van der Waals surface area contributed by atoms with Crippen molar-refractivity contribution < 1.29 is 28.9 Å². The van der Waals surface area contributed by atoms with Crippen LogP contribution < -0.4 is 9.47 Å². The summed E-state index contributed by atoms with van der Waals surface area (Å²) in [7, 11) is 0. The van der Waals surface area contributed by atoms with E-state index in [0.29, 0.717) is 37.7 Å².